The summed E-state index contributed by atoms with van der Waals surface area (Å²) in [6.45, 7) is 1.22. The number of nitrogens with one attached hydrogen (secondary N) is 2. The Hall–Kier alpha value is -2.97. The SMILES string of the molecule is Cc1cc(C(=O)Nc2cc(C(=O)NCC(F)(F)F)cc(F)c2C)ccc1F. The van der Waals surface area contributed by atoms with Gasteiger partial charge in [-0.1, -0.05) is 0 Å². The Morgan fingerprint density at radius 3 is 2.19 bits per heavy atom. The second-order valence-electron chi connectivity index (χ2n) is 5.85. The van der Waals surface area contributed by atoms with Gasteiger partial charge in [0.2, 0.25) is 0 Å². The second kappa shape index (κ2) is 7.73. The number of aryl methyl sites for hydroxylation is 1. The van der Waals surface area contributed by atoms with Gasteiger partial charge >= 0.3 is 6.18 Å². The predicted molar refractivity (Wildman–Crippen MR) is 88.6 cm³/mol. The number of amides is 2. The van der Waals surface area contributed by atoms with Gasteiger partial charge in [0.1, 0.15) is 18.2 Å². The average molecular weight is 386 g/mol. The van der Waals surface area contributed by atoms with Crippen LogP contribution < -0.4 is 10.6 Å². The van der Waals surface area contributed by atoms with E-state index in [-0.39, 0.29) is 27.9 Å². The molecule has 2 aromatic rings. The molecule has 2 amide bonds. The van der Waals surface area contributed by atoms with E-state index in [9.17, 15) is 31.5 Å². The summed E-state index contributed by atoms with van der Waals surface area (Å²) in [6.07, 6.45) is -4.61. The van der Waals surface area contributed by atoms with Crippen molar-refractivity contribution in [3.8, 4) is 0 Å². The third kappa shape index (κ3) is 5.25. The summed E-state index contributed by atoms with van der Waals surface area (Å²) in [5.74, 6) is -3.20. The summed E-state index contributed by atoms with van der Waals surface area (Å²) in [7, 11) is 0. The Kier molecular flexibility index (Phi) is 5.82. The molecule has 0 aliphatic rings. The van der Waals surface area contributed by atoms with Crippen LogP contribution in [0, 0.1) is 25.5 Å². The molecular weight excluding hydrogens is 371 g/mol. The standard InChI is InChI=1S/C18H15F5N2O2/c1-9-5-11(3-4-13(9)19)17(27)25-15-7-12(6-14(20)10(15)2)16(26)24-8-18(21,22)23/h3-7H,8H2,1-2H3,(H,24,26)(H,25,27). The van der Waals surface area contributed by atoms with E-state index in [1.165, 1.54) is 26.0 Å². The van der Waals surface area contributed by atoms with E-state index in [2.05, 4.69) is 5.32 Å². The van der Waals surface area contributed by atoms with Crippen molar-refractivity contribution in [3.05, 3.63) is 64.2 Å². The Bertz CT molecular complexity index is 894. The molecule has 2 N–H and O–H groups in total. The van der Waals surface area contributed by atoms with E-state index in [0.29, 0.717) is 0 Å². The van der Waals surface area contributed by atoms with Crippen LogP contribution in [0.15, 0.2) is 30.3 Å². The van der Waals surface area contributed by atoms with Gasteiger partial charge in [-0.15, -0.1) is 0 Å². The Morgan fingerprint density at radius 1 is 0.926 bits per heavy atom. The van der Waals surface area contributed by atoms with Gasteiger partial charge in [0, 0.05) is 22.4 Å². The topological polar surface area (TPSA) is 58.2 Å². The summed E-state index contributed by atoms with van der Waals surface area (Å²) >= 11 is 0. The predicted octanol–water partition coefficient (Wildman–Crippen LogP) is 4.13. The number of rotatable bonds is 4. The highest BCUT2D eigenvalue weighted by Crippen LogP contribution is 2.22. The van der Waals surface area contributed by atoms with Gasteiger partial charge in [0.05, 0.1) is 0 Å². The second-order valence-corrected chi connectivity index (χ2v) is 5.85. The van der Waals surface area contributed by atoms with Crippen LogP contribution in [0.5, 0.6) is 0 Å². The summed E-state index contributed by atoms with van der Waals surface area (Å²) in [5.41, 5.74) is -0.145. The fraction of sp³-hybridized carbons (Fsp3) is 0.222. The van der Waals surface area contributed by atoms with Crippen LogP contribution in [0.2, 0.25) is 0 Å². The Morgan fingerprint density at radius 2 is 1.59 bits per heavy atom. The third-order valence-corrected chi connectivity index (χ3v) is 3.72. The van der Waals surface area contributed by atoms with Crippen LogP contribution in [-0.2, 0) is 0 Å². The molecule has 0 bridgehead atoms. The summed E-state index contributed by atoms with van der Waals surface area (Å²) in [5, 5.41) is 4.00. The zero-order valence-electron chi connectivity index (χ0n) is 14.3. The fourth-order valence-corrected chi connectivity index (χ4v) is 2.20. The summed E-state index contributed by atoms with van der Waals surface area (Å²) < 4.78 is 63.9. The first-order valence-electron chi connectivity index (χ1n) is 7.70. The maximum Gasteiger partial charge on any atom is 0.405 e. The van der Waals surface area contributed by atoms with Crippen molar-refractivity contribution in [2.45, 2.75) is 20.0 Å². The fourth-order valence-electron chi connectivity index (χ4n) is 2.20. The molecule has 0 radical (unpaired) electrons. The van der Waals surface area contributed by atoms with Gasteiger partial charge in [0.25, 0.3) is 11.8 Å². The van der Waals surface area contributed by atoms with Crippen LogP contribution in [-0.4, -0.2) is 24.5 Å². The molecule has 27 heavy (non-hydrogen) atoms. The molecule has 2 aromatic carbocycles. The molecule has 0 saturated carbocycles. The maximum absolute atomic E-state index is 14.0. The number of benzene rings is 2. The molecule has 2 rings (SSSR count). The lowest BCUT2D eigenvalue weighted by Gasteiger charge is -2.13. The zero-order valence-corrected chi connectivity index (χ0v) is 14.3. The largest absolute Gasteiger partial charge is 0.405 e. The molecule has 0 aliphatic carbocycles. The van der Waals surface area contributed by atoms with Crippen LogP contribution in [0.3, 0.4) is 0 Å². The van der Waals surface area contributed by atoms with E-state index in [0.717, 1.165) is 18.2 Å². The van der Waals surface area contributed by atoms with Crippen molar-refractivity contribution in [1.29, 1.82) is 0 Å². The highest BCUT2D eigenvalue weighted by atomic mass is 19.4. The molecule has 0 spiro atoms. The molecule has 144 valence electrons. The Labute approximate surface area is 151 Å². The molecule has 4 nitrogen and oxygen atoms in total. The van der Waals surface area contributed by atoms with Crippen molar-refractivity contribution in [2.24, 2.45) is 0 Å². The lowest BCUT2D eigenvalue weighted by molar-refractivity contribution is -0.123. The molecule has 0 fully saturated rings. The normalized spacial score (nSPS) is 11.2. The lowest BCUT2D eigenvalue weighted by Crippen LogP contribution is -2.33. The molecular formula is C18H15F5N2O2. The highest BCUT2D eigenvalue weighted by Gasteiger charge is 2.28. The lowest BCUT2D eigenvalue weighted by atomic mass is 10.1. The van der Waals surface area contributed by atoms with Gasteiger partial charge in [-0.2, -0.15) is 13.2 Å². The van der Waals surface area contributed by atoms with Crippen LogP contribution in [0.4, 0.5) is 27.6 Å². The smallest absolute Gasteiger partial charge is 0.343 e. The van der Waals surface area contributed by atoms with Gasteiger partial charge in [-0.3, -0.25) is 9.59 Å². The third-order valence-electron chi connectivity index (χ3n) is 3.72. The number of alkyl halides is 3. The number of halogens is 5. The van der Waals surface area contributed by atoms with Crippen molar-refractivity contribution in [2.75, 3.05) is 11.9 Å². The number of carbonyl (C=O) groups is 2. The highest BCUT2D eigenvalue weighted by molar-refractivity contribution is 6.05. The van der Waals surface area contributed by atoms with E-state index in [1.54, 1.807) is 5.32 Å². The minimum atomic E-state index is -4.61. The van der Waals surface area contributed by atoms with Gasteiger partial charge < -0.3 is 10.6 Å². The average Bonchev–Trinajstić information content (AvgIpc) is 2.58. The minimum absolute atomic E-state index is 0.00504. The van der Waals surface area contributed by atoms with Gasteiger partial charge in [-0.25, -0.2) is 8.78 Å². The minimum Gasteiger partial charge on any atom is -0.343 e. The van der Waals surface area contributed by atoms with E-state index in [1.807, 2.05) is 0 Å². The molecule has 0 heterocycles. The quantitative estimate of drug-likeness (QED) is 0.777. The number of anilines is 1. The molecule has 0 aliphatic heterocycles. The monoisotopic (exact) mass is 386 g/mol. The van der Waals surface area contributed by atoms with Crippen LogP contribution in [0.25, 0.3) is 0 Å². The zero-order chi connectivity index (χ0) is 20.4. The van der Waals surface area contributed by atoms with Crippen molar-refractivity contribution in [1.82, 2.24) is 5.32 Å². The number of hydrogen-bond acceptors (Lipinski definition) is 2. The first-order chi connectivity index (χ1) is 12.5. The Balaban J connectivity index is 2.25. The molecule has 9 heteroatoms. The molecule has 0 atom stereocenters. The van der Waals surface area contributed by atoms with Crippen LogP contribution in [0.1, 0.15) is 31.8 Å². The first-order valence-corrected chi connectivity index (χ1v) is 7.70. The molecule has 0 unspecified atom stereocenters. The van der Waals surface area contributed by atoms with Crippen molar-refractivity contribution >= 4 is 17.5 Å². The number of carbonyl (C=O) groups excluding carboxylic acids is 2. The summed E-state index contributed by atoms with van der Waals surface area (Å²) in [6, 6.07) is 5.45. The first kappa shape index (κ1) is 20.3. The van der Waals surface area contributed by atoms with E-state index in [4.69, 9.17) is 0 Å². The molecule has 0 saturated heterocycles. The maximum atomic E-state index is 14.0. The van der Waals surface area contributed by atoms with E-state index < -0.39 is 36.2 Å². The summed E-state index contributed by atoms with van der Waals surface area (Å²) in [4.78, 5) is 24.1. The van der Waals surface area contributed by atoms with Crippen molar-refractivity contribution < 1.29 is 31.5 Å². The van der Waals surface area contributed by atoms with Gasteiger partial charge in [0.15, 0.2) is 0 Å². The molecule has 0 aromatic heterocycles. The van der Waals surface area contributed by atoms with Crippen molar-refractivity contribution in [3.63, 3.8) is 0 Å². The van der Waals surface area contributed by atoms with Crippen LogP contribution >= 0.6 is 0 Å². The van der Waals surface area contributed by atoms with E-state index >= 15 is 0 Å². The number of hydrogen-bond donors (Lipinski definition) is 2. The van der Waals surface area contributed by atoms with Gasteiger partial charge in [-0.05, 0) is 49.7 Å².